The van der Waals surface area contributed by atoms with Crippen LogP contribution in [0.15, 0.2) is 72.8 Å². The van der Waals surface area contributed by atoms with Gasteiger partial charge in [0.1, 0.15) is 18.1 Å². The Morgan fingerprint density at radius 2 is 1.85 bits per heavy atom. The second-order valence-electron chi connectivity index (χ2n) is 7.80. The summed E-state index contributed by atoms with van der Waals surface area (Å²) in [6, 6.07) is 19.6. The zero-order valence-electron chi connectivity index (χ0n) is 18.2. The van der Waals surface area contributed by atoms with Crippen molar-refractivity contribution in [1.82, 2.24) is 0 Å². The average molecular weight is 478 g/mol. The number of halogens is 1. The number of nitrogens with one attached hydrogen (secondary N) is 1. The summed E-state index contributed by atoms with van der Waals surface area (Å²) >= 11 is 1.17. The lowest BCUT2D eigenvalue weighted by Crippen LogP contribution is -2.50. The van der Waals surface area contributed by atoms with Crippen molar-refractivity contribution in [2.75, 3.05) is 34.5 Å². The molecule has 34 heavy (non-hydrogen) atoms. The molecule has 2 heterocycles. The minimum absolute atomic E-state index is 0.0534. The molecule has 172 valence electrons. The molecule has 2 aliphatic heterocycles. The quantitative estimate of drug-likeness (QED) is 0.606. The third-order valence-electron chi connectivity index (χ3n) is 5.81. The standard InChI is InChI=1S/C25H20FN3O4S/c1-33-21-12-5-3-10-19(21)27-22(30)14-28-20-11-4-2-9-18(20)25(24(28)32)29(23(31)15-34-25)17-8-6-7-16(26)13-17/h2-13H,14-15H2,1H3,(H,27,30)/t25-/m1/s1. The number of ether oxygens (including phenoxy) is 1. The van der Waals surface area contributed by atoms with E-state index in [1.54, 1.807) is 54.6 Å². The molecule has 0 aliphatic carbocycles. The molecule has 3 amide bonds. The number of nitrogens with zero attached hydrogens (tertiary/aromatic N) is 2. The fourth-order valence-corrected chi connectivity index (χ4v) is 5.77. The Bertz CT molecular complexity index is 1320. The summed E-state index contributed by atoms with van der Waals surface area (Å²) in [6.45, 7) is -0.263. The third kappa shape index (κ3) is 3.40. The van der Waals surface area contributed by atoms with Crippen molar-refractivity contribution in [3.63, 3.8) is 0 Å². The monoisotopic (exact) mass is 477 g/mol. The smallest absolute Gasteiger partial charge is 0.269 e. The number of carbonyl (C=O) groups excluding carboxylic acids is 3. The first-order valence-electron chi connectivity index (χ1n) is 10.5. The number of amides is 3. The fourth-order valence-electron chi connectivity index (χ4n) is 4.41. The van der Waals surface area contributed by atoms with Crippen LogP contribution in [0.4, 0.5) is 21.5 Å². The van der Waals surface area contributed by atoms with Crippen LogP contribution in [0.1, 0.15) is 5.56 Å². The number of benzene rings is 3. The van der Waals surface area contributed by atoms with Gasteiger partial charge in [-0.05, 0) is 36.4 Å². The normalized spacial score (nSPS) is 19.0. The van der Waals surface area contributed by atoms with Crippen molar-refractivity contribution >= 4 is 46.5 Å². The van der Waals surface area contributed by atoms with E-state index in [-0.39, 0.29) is 18.2 Å². The molecule has 9 heteroatoms. The number of rotatable bonds is 5. The van der Waals surface area contributed by atoms with Crippen LogP contribution in [0.3, 0.4) is 0 Å². The summed E-state index contributed by atoms with van der Waals surface area (Å²) in [6.07, 6.45) is 0. The lowest BCUT2D eigenvalue weighted by atomic mass is 10.0. The highest BCUT2D eigenvalue weighted by atomic mass is 32.2. The summed E-state index contributed by atoms with van der Waals surface area (Å²) in [7, 11) is 1.50. The van der Waals surface area contributed by atoms with Gasteiger partial charge >= 0.3 is 0 Å². The minimum Gasteiger partial charge on any atom is -0.495 e. The summed E-state index contributed by atoms with van der Waals surface area (Å²) in [5, 5.41) is 2.78. The van der Waals surface area contributed by atoms with Gasteiger partial charge < -0.3 is 10.1 Å². The van der Waals surface area contributed by atoms with Crippen LogP contribution in [-0.4, -0.2) is 37.1 Å². The SMILES string of the molecule is COc1ccccc1NC(=O)CN1C(=O)[C@]2(SCC(=O)N2c2cccc(F)c2)c2ccccc21. The van der Waals surface area contributed by atoms with Crippen molar-refractivity contribution in [3.05, 3.63) is 84.2 Å². The van der Waals surface area contributed by atoms with Gasteiger partial charge in [-0.25, -0.2) is 4.39 Å². The molecule has 1 spiro atoms. The van der Waals surface area contributed by atoms with Crippen molar-refractivity contribution in [2.24, 2.45) is 0 Å². The van der Waals surface area contributed by atoms with Crippen LogP contribution in [0.5, 0.6) is 5.75 Å². The topological polar surface area (TPSA) is 79.0 Å². The lowest BCUT2D eigenvalue weighted by molar-refractivity contribution is -0.124. The highest BCUT2D eigenvalue weighted by Gasteiger charge is 2.61. The zero-order valence-corrected chi connectivity index (χ0v) is 19.0. The molecule has 0 aromatic heterocycles. The maximum Gasteiger partial charge on any atom is 0.269 e. The second kappa shape index (κ2) is 8.49. The first kappa shape index (κ1) is 22.0. The average Bonchev–Trinajstić information content (AvgIpc) is 3.30. The molecule has 0 saturated carbocycles. The molecule has 7 nitrogen and oxygen atoms in total. The van der Waals surface area contributed by atoms with E-state index in [9.17, 15) is 18.8 Å². The van der Waals surface area contributed by atoms with E-state index in [0.717, 1.165) is 0 Å². The largest absolute Gasteiger partial charge is 0.495 e. The van der Waals surface area contributed by atoms with Gasteiger partial charge in [-0.15, -0.1) is 11.8 Å². The van der Waals surface area contributed by atoms with Gasteiger partial charge in [0, 0.05) is 11.3 Å². The van der Waals surface area contributed by atoms with E-state index < -0.39 is 22.5 Å². The first-order chi connectivity index (χ1) is 16.5. The van der Waals surface area contributed by atoms with E-state index in [4.69, 9.17) is 4.74 Å². The Morgan fingerprint density at radius 3 is 2.65 bits per heavy atom. The van der Waals surface area contributed by atoms with E-state index in [1.807, 2.05) is 0 Å². The molecule has 3 aromatic rings. The third-order valence-corrected chi connectivity index (χ3v) is 7.20. The highest BCUT2D eigenvalue weighted by Crippen LogP contribution is 2.55. The Labute approximate surface area is 199 Å². The van der Waals surface area contributed by atoms with Crippen LogP contribution in [0.2, 0.25) is 0 Å². The van der Waals surface area contributed by atoms with E-state index in [0.29, 0.717) is 28.4 Å². The van der Waals surface area contributed by atoms with Gasteiger partial charge in [-0.2, -0.15) is 0 Å². The van der Waals surface area contributed by atoms with Gasteiger partial charge in [-0.3, -0.25) is 24.2 Å². The molecule has 0 radical (unpaired) electrons. The predicted molar refractivity (Wildman–Crippen MR) is 128 cm³/mol. The van der Waals surface area contributed by atoms with Gasteiger partial charge in [-0.1, -0.05) is 36.4 Å². The number of para-hydroxylation sites is 3. The first-order valence-corrected chi connectivity index (χ1v) is 11.5. The number of hydrogen-bond acceptors (Lipinski definition) is 5. The van der Waals surface area contributed by atoms with Crippen LogP contribution < -0.4 is 19.9 Å². The Morgan fingerprint density at radius 1 is 1.09 bits per heavy atom. The van der Waals surface area contributed by atoms with Crippen LogP contribution in [0.25, 0.3) is 0 Å². The number of hydrogen-bond donors (Lipinski definition) is 1. The van der Waals surface area contributed by atoms with Gasteiger partial charge in [0.15, 0.2) is 0 Å². The Kier molecular flexibility index (Phi) is 5.49. The zero-order chi connectivity index (χ0) is 23.9. The number of fused-ring (bicyclic) bond motifs is 2. The Hall–Kier alpha value is -3.85. The molecule has 1 N–H and O–H groups in total. The molecule has 2 aliphatic rings. The van der Waals surface area contributed by atoms with Crippen molar-refractivity contribution < 1.29 is 23.5 Å². The molecule has 0 unspecified atom stereocenters. The maximum absolute atomic E-state index is 14.0. The minimum atomic E-state index is -1.41. The molecule has 0 bridgehead atoms. The number of carbonyl (C=O) groups is 3. The molecule has 5 rings (SSSR count). The molecule has 1 atom stereocenters. The fraction of sp³-hybridized carbons (Fsp3) is 0.160. The second-order valence-corrected chi connectivity index (χ2v) is 8.97. The number of methoxy groups -OCH3 is 1. The van der Waals surface area contributed by atoms with Gasteiger partial charge in [0.05, 0.1) is 24.2 Å². The van der Waals surface area contributed by atoms with Gasteiger partial charge in [0.2, 0.25) is 16.7 Å². The molecular formula is C25H20FN3O4S. The predicted octanol–water partition coefficient (Wildman–Crippen LogP) is 3.75. The molecule has 3 aromatic carbocycles. The summed E-state index contributed by atoms with van der Waals surface area (Å²) < 4.78 is 19.3. The van der Waals surface area contributed by atoms with E-state index >= 15 is 0 Å². The number of anilines is 3. The highest BCUT2D eigenvalue weighted by molar-refractivity contribution is 8.02. The Balaban J connectivity index is 1.52. The van der Waals surface area contributed by atoms with E-state index in [1.165, 1.54) is 46.9 Å². The van der Waals surface area contributed by atoms with Crippen LogP contribution in [0, 0.1) is 5.82 Å². The molecular weight excluding hydrogens is 457 g/mol. The van der Waals surface area contributed by atoms with E-state index in [2.05, 4.69) is 5.32 Å². The summed E-state index contributed by atoms with van der Waals surface area (Å²) in [5.74, 6) is -1.11. The van der Waals surface area contributed by atoms with Crippen molar-refractivity contribution in [1.29, 1.82) is 0 Å². The van der Waals surface area contributed by atoms with Crippen LogP contribution in [-0.2, 0) is 19.3 Å². The number of thioether (sulfide) groups is 1. The van der Waals surface area contributed by atoms with Crippen LogP contribution >= 0.6 is 11.8 Å². The molecule has 1 saturated heterocycles. The van der Waals surface area contributed by atoms with Crippen molar-refractivity contribution in [3.8, 4) is 5.75 Å². The van der Waals surface area contributed by atoms with Crippen molar-refractivity contribution in [2.45, 2.75) is 4.87 Å². The lowest BCUT2D eigenvalue weighted by Gasteiger charge is -2.33. The summed E-state index contributed by atoms with van der Waals surface area (Å²) in [4.78, 5) is 41.2. The van der Waals surface area contributed by atoms with Gasteiger partial charge in [0.25, 0.3) is 5.91 Å². The summed E-state index contributed by atoms with van der Waals surface area (Å²) in [5.41, 5.74) is 1.89. The maximum atomic E-state index is 14.0. The molecule has 1 fully saturated rings.